The summed E-state index contributed by atoms with van der Waals surface area (Å²) in [5, 5.41) is 10.4. The molecule has 0 aliphatic rings. The Morgan fingerprint density at radius 1 is 1.13 bits per heavy atom. The lowest BCUT2D eigenvalue weighted by Gasteiger charge is -2.16. The number of aliphatic imine (C=N–C) groups is 1. The summed E-state index contributed by atoms with van der Waals surface area (Å²) < 4.78 is 11.5. The Balaban J connectivity index is 0.00000341. The standard InChI is InChI=1S/C23H28N4O3.HI/c1-4-25-22(28)15-29-19-10-7-8-17(12-19)14-26-23(24-3)27-16(2)21-13-18-9-5-6-11-20(18)30-21;/h5-13,16H,4,14-15H2,1-3H3,(H,25,28)(H2,24,26,27);1H. The molecule has 3 N–H and O–H groups in total. The molecular formula is C23H29IN4O3. The van der Waals surface area contributed by atoms with Crippen molar-refractivity contribution < 1.29 is 13.9 Å². The Morgan fingerprint density at radius 3 is 2.68 bits per heavy atom. The fourth-order valence-electron chi connectivity index (χ4n) is 3.01. The van der Waals surface area contributed by atoms with Crippen LogP contribution in [-0.4, -0.2) is 32.1 Å². The summed E-state index contributed by atoms with van der Waals surface area (Å²) in [4.78, 5) is 15.8. The molecule has 7 nitrogen and oxygen atoms in total. The van der Waals surface area contributed by atoms with Crippen LogP contribution in [0.15, 0.2) is 64.0 Å². The molecule has 1 unspecified atom stereocenters. The lowest BCUT2D eigenvalue weighted by atomic mass is 10.2. The first-order valence-corrected chi connectivity index (χ1v) is 10.0. The topological polar surface area (TPSA) is 87.9 Å². The van der Waals surface area contributed by atoms with Gasteiger partial charge >= 0.3 is 0 Å². The third-order valence-electron chi connectivity index (χ3n) is 4.55. The average molecular weight is 536 g/mol. The van der Waals surface area contributed by atoms with Gasteiger partial charge in [0, 0.05) is 25.5 Å². The highest BCUT2D eigenvalue weighted by atomic mass is 127. The number of para-hydroxylation sites is 1. The van der Waals surface area contributed by atoms with E-state index in [1.165, 1.54) is 0 Å². The highest BCUT2D eigenvalue weighted by Gasteiger charge is 2.13. The zero-order valence-electron chi connectivity index (χ0n) is 18.0. The molecule has 0 radical (unpaired) electrons. The summed E-state index contributed by atoms with van der Waals surface area (Å²) in [6.45, 7) is 5.05. The van der Waals surface area contributed by atoms with Gasteiger partial charge in [-0.15, -0.1) is 24.0 Å². The van der Waals surface area contributed by atoms with Gasteiger partial charge in [0.2, 0.25) is 0 Å². The summed E-state index contributed by atoms with van der Waals surface area (Å²) in [5.41, 5.74) is 1.89. The van der Waals surface area contributed by atoms with Crippen molar-refractivity contribution in [2.24, 2.45) is 4.99 Å². The summed E-state index contributed by atoms with van der Waals surface area (Å²) >= 11 is 0. The van der Waals surface area contributed by atoms with E-state index in [1.54, 1.807) is 7.05 Å². The quantitative estimate of drug-likeness (QED) is 0.230. The van der Waals surface area contributed by atoms with Crippen molar-refractivity contribution in [1.82, 2.24) is 16.0 Å². The number of rotatable bonds is 8. The number of likely N-dealkylation sites (N-methyl/N-ethyl adjacent to an activating group) is 1. The van der Waals surface area contributed by atoms with Crippen LogP contribution in [0.3, 0.4) is 0 Å². The molecule has 1 aromatic heterocycles. The van der Waals surface area contributed by atoms with Gasteiger partial charge in [-0.25, -0.2) is 0 Å². The fourth-order valence-corrected chi connectivity index (χ4v) is 3.01. The molecule has 3 aromatic rings. The molecule has 0 bridgehead atoms. The van der Waals surface area contributed by atoms with Gasteiger partial charge in [0.1, 0.15) is 17.1 Å². The number of carbonyl (C=O) groups is 1. The van der Waals surface area contributed by atoms with Crippen LogP contribution in [0.4, 0.5) is 0 Å². The van der Waals surface area contributed by atoms with Gasteiger partial charge in [0.25, 0.3) is 5.91 Å². The number of guanidine groups is 1. The first-order chi connectivity index (χ1) is 14.6. The number of benzene rings is 2. The van der Waals surface area contributed by atoms with Gasteiger partial charge in [0.15, 0.2) is 12.6 Å². The Hall–Kier alpha value is -2.75. The van der Waals surface area contributed by atoms with Gasteiger partial charge in [-0.1, -0.05) is 30.3 Å². The molecule has 0 aliphatic heterocycles. The first-order valence-electron chi connectivity index (χ1n) is 10.0. The van der Waals surface area contributed by atoms with Crippen molar-refractivity contribution >= 4 is 46.8 Å². The van der Waals surface area contributed by atoms with Crippen molar-refractivity contribution in [1.29, 1.82) is 0 Å². The number of hydrogen-bond donors (Lipinski definition) is 3. The zero-order chi connectivity index (χ0) is 21.3. The SMILES string of the molecule is CCNC(=O)COc1cccc(CNC(=NC)NC(C)c2cc3ccccc3o2)c1.I. The van der Waals surface area contributed by atoms with Crippen LogP contribution >= 0.6 is 24.0 Å². The van der Waals surface area contributed by atoms with Gasteiger partial charge in [-0.2, -0.15) is 0 Å². The van der Waals surface area contributed by atoms with Crippen LogP contribution in [-0.2, 0) is 11.3 Å². The second-order valence-corrected chi connectivity index (χ2v) is 6.87. The minimum Gasteiger partial charge on any atom is -0.484 e. The molecule has 8 heteroatoms. The Labute approximate surface area is 199 Å². The molecule has 0 aliphatic carbocycles. The van der Waals surface area contributed by atoms with Gasteiger partial charge < -0.3 is 25.1 Å². The summed E-state index contributed by atoms with van der Waals surface area (Å²) in [7, 11) is 1.73. The number of halogens is 1. The maximum Gasteiger partial charge on any atom is 0.257 e. The number of amides is 1. The maximum atomic E-state index is 11.6. The lowest BCUT2D eigenvalue weighted by molar-refractivity contribution is -0.122. The Kier molecular flexibility index (Phi) is 9.64. The van der Waals surface area contributed by atoms with E-state index in [9.17, 15) is 4.79 Å². The molecule has 1 atom stereocenters. The zero-order valence-corrected chi connectivity index (χ0v) is 20.3. The largest absolute Gasteiger partial charge is 0.484 e. The van der Waals surface area contributed by atoms with E-state index >= 15 is 0 Å². The van der Waals surface area contributed by atoms with Crippen LogP contribution in [0.2, 0.25) is 0 Å². The molecule has 0 fully saturated rings. The van der Waals surface area contributed by atoms with Crippen molar-refractivity contribution in [2.45, 2.75) is 26.4 Å². The maximum absolute atomic E-state index is 11.6. The number of fused-ring (bicyclic) bond motifs is 1. The number of carbonyl (C=O) groups excluding carboxylic acids is 1. The first kappa shape index (κ1) is 24.5. The molecule has 166 valence electrons. The number of furan rings is 1. The van der Waals surface area contributed by atoms with E-state index in [0.717, 1.165) is 22.3 Å². The summed E-state index contributed by atoms with van der Waals surface area (Å²) in [6, 6.07) is 17.6. The minimum atomic E-state index is -0.134. The minimum absolute atomic E-state index is 0. The molecule has 0 spiro atoms. The van der Waals surface area contributed by atoms with Gasteiger partial charge in [-0.3, -0.25) is 9.79 Å². The van der Waals surface area contributed by atoms with Crippen LogP contribution in [0.1, 0.15) is 31.2 Å². The molecule has 2 aromatic carbocycles. The molecule has 1 amide bonds. The number of ether oxygens (including phenoxy) is 1. The molecular weight excluding hydrogens is 507 g/mol. The van der Waals surface area contributed by atoms with Crippen LogP contribution in [0.25, 0.3) is 11.0 Å². The predicted octanol–water partition coefficient (Wildman–Crippen LogP) is 3.99. The third kappa shape index (κ3) is 7.16. The van der Waals surface area contributed by atoms with Crippen LogP contribution < -0.4 is 20.7 Å². The molecule has 0 saturated carbocycles. The molecule has 0 saturated heterocycles. The predicted molar refractivity (Wildman–Crippen MR) is 134 cm³/mol. The van der Waals surface area contributed by atoms with E-state index in [2.05, 4.69) is 20.9 Å². The van der Waals surface area contributed by atoms with E-state index in [0.29, 0.717) is 24.8 Å². The molecule has 3 rings (SSSR count). The second-order valence-electron chi connectivity index (χ2n) is 6.87. The Morgan fingerprint density at radius 2 is 1.94 bits per heavy atom. The summed E-state index contributed by atoms with van der Waals surface area (Å²) in [5.74, 6) is 2.03. The van der Waals surface area contributed by atoms with Gasteiger partial charge in [0.05, 0.1) is 6.04 Å². The third-order valence-corrected chi connectivity index (χ3v) is 4.55. The lowest BCUT2D eigenvalue weighted by Crippen LogP contribution is -2.38. The molecule has 1 heterocycles. The van der Waals surface area contributed by atoms with Crippen molar-refractivity contribution in [2.75, 3.05) is 20.2 Å². The van der Waals surface area contributed by atoms with Crippen molar-refractivity contribution in [3.63, 3.8) is 0 Å². The molecule has 31 heavy (non-hydrogen) atoms. The second kappa shape index (κ2) is 12.2. The van der Waals surface area contributed by atoms with E-state index < -0.39 is 0 Å². The fraction of sp³-hybridized carbons (Fsp3) is 0.304. The average Bonchev–Trinajstić information content (AvgIpc) is 3.20. The smallest absolute Gasteiger partial charge is 0.257 e. The number of hydrogen-bond acceptors (Lipinski definition) is 4. The van der Waals surface area contributed by atoms with E-state index in [4.69, 9.17) is 9.15 Å². The van der Waals surface area contributed by atoms with Crippen molar-refractivity contribution in [3.8, 4) is 5.75 Å². The highest BCUT2D eigenvalue weighted by Crippen LogP contribution is 2.23. The number of nitrogens with zero attached hydrogens (tertiary/aromatic N) is 1. The normalized spacial score (nSPS) is 12.0. The monoisotopic (exact) mass is 536 g/mol. The number of nitrogens with one attached hydrogen (secondary N) is 3. The van der Waals surface area contributed by atoms with Crippen molar-refractivity contribution in [3.05, 3.63) is 65.9 Å². The van der Waals surface area contributed by atoms with Crippen LogP contribution in [0, 0.1) is 0 Å². The summed E-state index contributed by atoms with van der Waals surface area (Å²) in [6.07, 6.45) is 0. The van der Waals surface area contributed by atoms with Crippen LogP contribution in [0.5, 0.6) is 5.75 Å². The van der Waals surface area contributed by atoms with Gasteiger partial charge in [-0.05, 0) is 43.7 Å². The van der Waals surface area contributed by atoms with E-state index in [-0.39, 0.29) is 42.5 Å². The Bertz CT molecular complexity index is 986. The highest BCUT2D eigenvalue weighted by molar-refractivity contribution is 14.0. The van der Waals surface area contributed by atoms with E-state index in [1.807, 2.05) is 68.4 Å².